The summed E-state index contributed by atoms with van der Waals surface area (Å²) in [7, 11) is 4.25. The van der Waals surface area contributed by atoms with Gasteiger partial charge in [0.05, 0.1) is 6.20 Å². The second-order valence-corrected chi connectivity index (χ2v) is 7.79. The normalized spacial score (nSPS) is 15.7. The molecule has 1 fully saturated rings. The van der Waals surface area contributed by atoms with E-state index in [4.69, 9.17) is 4.74 Å². The number of carbonyl (C=O) groups is 1. The number of hydrogen-bond acceptors (Lipinski definition) is 5. The molecular formula is C24H27N5O2. The number of urea groups is 1. The summed E-state index contributed by atoms with van der Waals surface area (Å²) in [6.07, 6.45) is 4.51. The van der Waals surface area contributed by atoms with Crippen molar-refractivity contribution in [3.8, 4) is 11.5 Å². The van der Waals surface area contributed by atoms with Gasteiger partial charge >= 0.3 is 6.03 Å². The fraction of sp³-hybridized carbons (Fsp3) is 0.250. The molecule has 1 aliphatic rings. The number of likely N-dealkylation sites (N-methyl/N-ethyl adjacent to an activating group) is 1. The van der Waals surface area contributed by atoms with Gasteiger partial charge in [-0.25, -0.2) is 4.79 Å². The maximum atomic E-state index is 12.3. The first-order valence-electron chi connectivity index (χ1n) is 10.3. The average molecular weight is 418 g/mol. The third-order valence-corrected chi connectivity index (χ3v) is 5.37. The molecule has 2 aromatic carbocycles. The van der Waals surface area contributed by atoms with Crippen LogP contribution >= 0.6 is 0 Å². The van der Waals surface area contributed by atoms with Gasteiger partial charge in [-0.15, -0.1) is 0 Å². The van der Waals surface area contributed by atoms with Crippen LogP contribution in [0.1, 0.15) is 6.42 Å². The Morgan fingerprint density at radius 2 is 1.68 bits per heavy atom. The molecule has 0 spiro atoms. The number of rotatable bonds is 6. The van der Waals surface area contributed by atoms with Crippen molar-refractivity contribution in [3.05, 3.63) is 73.1 Å². The lowest BCUT2D eigenvalue weighted by molar-refractivity contribution is 0.262. The predicted molar refractivity (Wildman–Crippen MR) is 124 cm³/mol. The Labute approximate surface area is 182 Å². The molecule has 160 valence electrons. The highest BCUT2D eigenvalue weighted by molar-refractivity contribution is 5.99. The molecule has 1 atom stereocenters. The number of carbonyl (C=O) groups excluding carboxylic acids is 1. The van der Waals surface area contributed by atoms with Crippen LogP contribution in [0.5, 0.6) is 11.5 Å². The van der Waals surface area contributed by atoms with Crippen LogP contribution in [-0.4, -0.2) is 49.1 Å². The molecule has 1 saturated heterocycles. The number of nitrogens with zero attached hydrogens (tertiary/aromatic N) is 3. The molecule has 3 aromatic rings. The molecule has 0 saturated carbocycles. The van der Waals surface area contributed by atoms with Crippen molar-refractivity contribution in [1.82, 2.24) is 9.88 Å². The lowest BCUT2D eigenvalue weighted by atomic mass is 10.2. The molecule has 7 heteroatoms. The highest BCUT2D eigenvalue weighted by Gasteiger charge is 2.23. The number of aromatic nitrogens is 1. The van der Waals surface area contributed by atoms with Gasteiger partial charge < -0.3 is 25.2 Å². The number of hydrogen-bond donors (Lipinski definition) is 2. The van der Waals surface area contributed by atoms with Crippen LogP contribution in [0.3, 0.4) is 0 Å². The van der Waals surface area contributed by atoms with E-state index in [0.29, 0.717) is 23.2 Å². The molecule has 0 aliphatic carbocycles. The molecule has 2 heterocycles. The zero-order valence-electron chi connectivity index (χ0n) is 17.8. The standard InChI is InChI=1S/C24H27N5O2/c1-28(2)21-13-15-29(17-21)20-9-5-18(6-10-20)26-24(30)27-19-7-11-22(12-8-19)31-23-4-3-14-25-16-23/h3-12,14,16,21H,13,15,17H2,1-2H3,(H2,26,27,30). The van der Waals surface area contributed by atoms with E-state index in [1.807, 2.05) is 24.3 Å². The first kappa shape index (κ1) is 20.7. The number of amides is 2. The molecule has 1 aliphatic heterocycles. The highest BCUT2D eigenvalue weighted by Crippen LogP contribution is 2.24. The maximum Gasteiger partial charge on any atom is 0.323 e. The SMILES string of the molecule is CN(C)C1CCN(c2ccc(NC(=O)Nc3ccc(Oc4cccnc4)cc3)cc2)C1. The van der Waals surface area contributed by atoms with Gasteiger partial charge in [0.2, 0.25) is 0 Å². The van der Waals surface area contributed by atoms with Gasteiger partial charge in [0.25, 0.3) is 0 Å². The highest BCUT2D eigenvalue weighted by atomic mass is 16.5. The Kier molecular flexibility index (Phi) is 6.33. The van der Waals surface area contributed by atoms with Crippen molar-refractivity contribution in [2.45, 2.75) is 12.5 Å². The fourth-order valence-electron chi connectivity index (χ4n) is 3.60. The van der Waals surface area contributed by atoms with Crippen molar-refractivity contribution in [2.75, 3.05) is 42.7 Å². The topological polar surface area (TPSA) is 69.7 Å². The smallest absolute Gasteiger partial charge is 0.323 e. The molecule has 2 N–H and O–H groups in total. The van der Waals surface area contributed by atoms with Crippen molar-refractivity contribution < 1.29 is 9.53 Å². The Balaban J connectivity index is 1.28. The zero-order chi connectivity index (χ0) is 21.6. The van der Waals surface area contributed by atoms with E-state index in [9.17, 15) is 4.79 Å². The van der Waals surface area contributed by atoms with Gasteiger partial charge in [0.15, 0.2) is 0 Å². The molecule has 1 aromatic heterocycles. The van der Waals surface area contributed by atoms with E-state index in [1.54, 1.807) is 36.7 Å². The van der Waals surface area contributed by atoms with E-state index in [-0.39, 0.29) is 6.03 Å². The Hall–Kier alpha value is -3.58. The molecule has 31 heavy (non-hydrogen) atoms. The van der Waals surface area contributed by atoms with E-state index in [0.717, 1.165) is 18.8 Å². The molecular weight excluding hydrogens is 390 g/mol. The summed E-state index contributed by atoms with van der Waals surface area (Å²) in [5, 5.41) is 5.71. The molecule has 1 unspecified atom stereocenters. The number of pyridine rings is 1. The molecule has 2 amide bonds. The fourth-order valence-corrected chi connectivity index (χ4v) is 3.60. The van der Waals surface area contributed by atoms with Crippen LogP contribution in [0.15, 0.2) is 73.1 Å². The summed E-state index contributed by atoms with van der Waals surface area (Å²) in [4.78, 5) is 21.0. The molecule has 0 radical (unpaired) electrons. The quantitative estimate of drug-likeness (QED) is 0.611. The number of ether oxygens (including phenoxy) is 1. The van der Waals surface area contributed by atoms with E-state index in [2.05, 4.69) is 51.6 Å². The van der Waals surface area contributed by atoms with Gasteiger partial charge in [-0.05, 0) is 81.2 Å². The third kappa shape index (κ3) is 5.52. The minimum absolute atomic E-state index is 0.289. The van der Waals surface area contributed by atoms with E-state index >= 15 is 0 Å². The summed E-state index contributed by atoms with van der Waals surface area (Å²) in [6.45, 7) is 2.08. The van der Waals surface area contributed by atoms with Crippen molar-refractivity contribution in [2.24, 2.45) is 0 Å². The summed E-state index contributed by atoms with van der Waals surface area (Å²) < 4.78 is 5.71. The zero-order valence-corrected chi connectivity index (χ0v) is 17.8. The van der Waals surface area contributed by atoms with E-state index in [1.165, 1.54) is 12.1 Å². The first-order valence-corrected chi connectivity index (χ1v) is 10.3. The number of benzene rings is 2. The van der Waals surface area contributed by atoms with Gasteiger partial charge in [-0.2, -0.15) is 0 Å². The predicted octanol–water partition coefficient (Wildman–Crippen LogP) is 4.66. The van der Waals surface area contributed by atoms with Gasteiger partial charge in [0.1, 0.15) is 11.5 Å². The number of anilines is 3. The lowest BCUT2D eigenvalue weighted by Gasteiger charge is -2.22. The van der Waals surface area contributed by atoms with Crippen molar-refractivity contribution in [1.29, 1.82) is 0 Å². The van der Waals surface area contributed by atoms with Crippen LogP contribution in [0.2, 0.25) is 0 Å². The summed E-state index contributed by atoms with van der Waals surface area (Å²) in [6, 6.07) is 19.1. The third-order valence-electron chi connectivity index (χ3n) is 5.37. The summed E-state index contributed by atoms with van der Waals surface area (Å²) >= 11 is 0. The Morgan fingerprint density at radius 3 is 2.26 bits per heavy atom. The Bertz CT molecular complexity index is 991. The first-order chi connectivity index (χ1) is 15.1. The molecule has 4 rings (SSSR count). The average Bonchev–Trinajstić information content (AvgIpc) is 3.27. The minimum Gasteiger partial charge on any atom is -0.456 e. The summed E-state index contributed by atoms with van der Waals surface area (Å²) in [5.74, 6) is 1.34. The largest absolute Gasteiger partial charge is 0.456 e. The monoisotopic (exact) mass is 417 g/mol. The lowest BCUT2D eigenvalue weighted by Crippen LogP contribution is -2.31. The second-order valence-electron chi connectivity index (χ2n) is 7.79. The van der Waals surface area contributed by atoms with Crippen LogP contribution in [0.4, 0.5) is 21.9 Å². The number of nitrogens with one attached hydrogen (secondary N) is 2. The Morgan fingerprint density at radius 1 is 1.00 bits per heavy atom. The van der Waals surface area contributed by atoms with Gasteiger partial charge in [-0.3, -0.25) is 4.98 Å². The van der Waals surface area contributed by atoms with Crippen LogP contribution < -0.4 is 20.3 Å². The van der Waals surface area contributed by atoms with Crippen molar-refractivity contribution >= 4 is 23.1 Å². The van der Waals surface area contributed by atoms with E-state index < -0.39 is 0 Å². The van der Waals surface area contributed by atoms with Crippen molar-refractivity contribution in [3.63, 3.8) is 0 Å². The van der Waals surface area contributed by atoms with Gasteiger partial charge in [-0.1, -0.05) is 0 Å². The second kappa shape index (κ2) is 9.49. The molecule has 0 bridgehead atoms. The van der Waals surface area contributed by atoms with Gasteiger partial charge in [0, 0.05) is 42.4 Å². The summed E-state index contributed by atoms with van der Waals surface area (Å²) in [5.41, 5.74) is 2.61. The van der Waals surface area contributed by atoms with Crippen LogP contribution in [-0.2, 0) is 0 Å². The maximum absolute atomic E-state index is 12.3. The van der Waals surface area contributed by atoms with Crippen LogP contribution in [0, 0.1) is 0 Å². The molecule has 7 nitrogen and oxygen atoms in total. The minimum atomic E-state index is -0.289. The van der Waals surface area contributed by atoms with Crippen LogP contribution in [0.25, 0.3) is 0 Å².